The molecule has 1 aliphatic heterocycles. The van der Waals surface area contributed by atoms with Gasteiger partial charge in [0.2, 0.25) is 11.9 Å². The van der Waals surface area contributed by atoms with E-state index in [1.807, 2.05) is 71.8 Å². The average molecular weight is 505 g/mol. The van der Waals surface area contributed by atoms with E-state index in [1.165, 1.54) is 0 Å². The molecule has 5 rings (SSSR count). The van der Waals surface area contributed by atoms with E-state index in [0.717, 1.165) is 33.7 Å². The van der Waals surface area contributed by atoms with Gasteiger partial charge < -0.3 is 16.2 Å². The minimum absolute atomic E-state index is 0.0306. The van der Waals surface area contributed by atoms with Gasteiger partial charge in [0.15, 0.2) is 5.65 Å². The lowest BCUT2D eigenvalue weighted by molar-refractivity contribution is -0.119. The zero-order valence-electron chi connectivity index (χ0n) is 19.9. The van der Waals surface area contributed by atoms with Gasteiger partial charge in [-0.2, -0.15) is 4.98 Å². The third-order valence-electron chi connectivity index (χ3n) is 6.48. The van der Waals surface area contributed by atoms with Gasteiger partial charge in [0.05, 0.1) is 12.6 Å². The molecule has 0 spiro atoms. The van der Waals surface area contributed by atoms with Gasteiger partial charge in [-0.1, -0.05) is 24.3 Å². The topological polar surface area (TPSA) is 126 Å². The Morgan fingerprint density at radius 2 is 2.00 bits per heavy atom. The van der Waals surface area contributed by atoms with Crippen molar-refractivity contribution in [3.8, 4) is 11.1 Å². The number of nitrogens with one attached hydrogen (secondary N) is 1. The van der Waals surface area contributed by atoms with E-state index >= 15 is 0 Å². The lowest BCUT2D eigenvalue weighted by Gasteiger charge is -2.35. The molecule has 0 aliphatic carbocycles. The van der Waals surface area contributed by atoms with Crippen LogP contribution in [-0.2, 0) is 15.6 Å². The number of rotatable bonds is 7. The number of nitrogens with two attached hydrogens (primary N) is 1. The van der Waals surface area contributed by atoms with Gasteiger partial charge in [0, 0.05) is 51.9 Å². The second kappa shape index (κ2) is 10.2. The number of hydrogen-bond donors (Lipinski definition) is 3. The number of carbonyl (C=O) groups is 1. The van der Waals surface area contributed by atoms with Crippen molar-refractivity contribution < 1.29 is 14.1 Å². The summed E-state index contributed by atoms with van der Waals surface area (Å²) in [7, 11) is -1.03. The standard InChI is InChI=1S/C26H28N6O3S/c1-36(35)20-9-7-17(8-10-20)22-6-3-12-32-25(22)29-26(30-32)28-19-5-2-4-18(14-19)21-11-13-31(15-23(21)33)16-24(27)34/h2-10,12,14,21,23,33H,11,13,15-16H2,1H3,(H2,27,34)(H,28,30). The number of aromatic nitrogens is 3. The summed E-state index contributed by atoms with van der Waals surface area (Å²) in [5.41, 5.74) is 9.74. The Labute approximate surface area is 211 Å². The van der Waals surface area contributed by atoms with Gasteiger partial charge >= 0.3 is 0 Å². The fraction of sp³-hybridized carbons (Fsp3) is 0.269. The van der Waals surface area contributed by atoms with Gasteiger partial charge in [-0.3, -0.25) is 13.9 Å². The van der Waals surface area contributed by atoms with Crippen molar-refractivity contribution in [2.24, 2.45) is 5.73 Å². The Balaban J connectivity index is 1.36. The molecular formula is C26H28N6O3S. The summed E-state index contributed by atoms with van der Waals surface area (Å²) in [5, 5.41) is 18.6. The Morgan fingerprint density at radius 3 is 2.72 bits per heavy atom. The molecule has 3 heterocycles. The van der Waals surface area contributed by atoms with Crippen LogP contribution in [0.25, 0.3) is 16.8 Å². The number of piperidine rings is 1. The summed E-state index contributed by atoms with van der Waals surface area (Å²) in [5.74, 6) is 0.0454. The van der Waals surface area contributed by atoms with Crippen molar-refractivity contribution in [2.75, 3.05) is 31.2 Å². The molecule has 2 aromatic carbocycles. The third kappa shape index (κ3) is 5.15. The second-order valence-corrected chi connectivity index (χ2v) is 10.4. The van der Waals surface area contributed by atoms with E-state index in [4.69, 9.17) is 10.7 Å². The highest BCUT2D eigenvalue weighted by Gasteiger charge is 2.29. The highest BCUT2D eigenvalue weighted by molar-refractivity contribution is 7.84. The van der Waals surface area contributed by atoms with Crippen LogP contribution in [-0.4, -0.2) is 66.7 Å². The molecule has 0 bridgehead atoms. The van der Waals surface area contributed by atoms with Crippen LogP contribution in [0.3, 0.4) is 0 Å². The molecule has 3 atom stereocenters. The van der Waals surface area contributed by atoms with E-state index in [0.29, 0.717) is 24.7 Å². The first-order valence-corrected chi connectivity index (χ1v) is 13.3. The van der Waals surface area contributed by atoms with Crippen LogP contribution in [0.2, 0.25) is 0 Å². The van der Waals surface area contributed by atoms with Crippen molar-refractivity contribution in [3.63, 3.8) is 0 Å². The number of fused-ring (bicyclic) bond motifs is 1. The number of aliphatic hydroxyl groups is 1. The summed E-state index contributed by atoms with van der Waals surface area (Å²) < 4.78 is 13.4. The number of amides is 1. The number of aliphatic hydroxyl groups excluding tert-OH is 1. The molecule has 1 aliphatic rings. The fourth-order valence-corrected chi connectivity index (χ4v) is 5.26. The predicted molar refractivity (Wildman–Crippen MR) is 139 cm³/mol. The van der Waals surface area contributed by atoms with Crippen LogP contribution in [0.5, 0.6) is 0 Å². The number of hydrogen-bond acceptors (Lipinski definition) is 7. The first-order chi connectivity index (χ1) is 17.4. The van der Waals surface area contributed by atoms with Crippen LogP contribution in [0.1, 0.15) is 17.9 Å². The summed E-state index contributed by atoms with van der Waals surface area (Å²) >= 11 is 0. The summed E-state index contributed by atoms with van der Waals surface area (Å²) in [6, 6.07) is 19.4. The predicted octanol–water partition coefficient (Wildman–Crippen LogP) is 2.51. The number of primary amides is 1. The number of nitrogens with zero attached hydrogens (tertiary/aromatic N) is 4. The molecule has 3 unspecified atom stereocenters. The third-order valence-corrected chi connectivity index (χ3v) is 7.41. The molecule has 0 radical (unpaired) electrons. The molecule has 4 aromatic rings. The first-order valence-electron chi connectivity index (χ1n) is 11.7. The maximum absolute atomic E-state index is 11.7. The van der Waals surface area contributed by atoms with E-state index in [-0.39, 0.29) is 18.4 Å². The summed E-state index contributed by atoms with van der Waals surface area (Å²) in [6.07, 6.45) is 3.66. The Bertz CT molecular complexity index is 1420. The Hall–Kier alpha value is -3.60. The quantitative estimate of drug-likeness (QED) is 0.353. The molecular weight excluding hydrogens is 476 g/mol. The molecule has 186 valence electrons. The van der Waals surface area contributed by atoms with Crippen LogP contribution >= 0.6 is 0 Å². The van der Waals surface area contributed by atoms with Crippen molar-refractivity contribution in [3.05, 3.63) is 72.4 Å². The van der Waals surface area contributed by atoms with E-state index < -0.39 is 16.9 Å². The number of likely N-dealkylation sites (tertiary alicyclic amines) is 1. The van der Waals surface area contributed by atoms with Crippen LogP contribution in [0, 0.1) is 0 Å². The molecule has 1 fully saturated rings. The van der Waals surface area contributed by atoms with Gasteiger partial charge in [-0.25, -0.2) is 4.52 Å². The van der Waals surface area contributed by atoms with Crippen LogP contribution in [0.4, 0.5) is 11.6 Å². The second-order valence-electron chi connectivity index (χ2n) is 9.02. The highest BCUT2D eigenvalue weighted by Crippen LogP contribution is 2.31. The molecule has 2 aromatic heterocycles. The lowest BCUT2D eigenvalue weighted by atomic mass is 9.87. The van der Waals surface area contributed by atoms with Gasteiger partial charge in [-0.05, 0) is 60.5 Å². The monoisotopic (exact) mass is 504 g/mol. The summed E-state index contributed by atoms with van der Waals surface area (Å²) in [6.45, 7) is 1.28. The molecule has 1 saturated heterocycles. The maximum atomic E-state index is 11.7. The normalized spacial score (nSPS) is 19.3. The molecule has 9 nitrogen and oxygen atoms in total. The minimum Gasteiger partial charge on any atom is -0.391 e. The van der Waals surface area contributed by atoms with E-state index in [2.05, 4.69) is 10.4 Å². The smallest absolute Gasteiger partial charge is 0.247 e. The molecule has 1 amide bonds. The molecule has 36 heavy (non-hydrogen) atoms. The molecule has 10 heteroatoms. The number of pyridine rings is 1. The van der Waals surface area contributed by atoms with Gasteiger partial charge in [0.25, 0.3) is 0 Å². The SMILES string of the molecule is CS(=O)c1ccc(-c2cccn3nc(Nc4cccc(C5CCN(CC(N)=O)CC5O)c4)nc23)cc1. The number of β-amino-alcohol motifs (C(OH)–C–C–N with tert-alkyl or cyclic N) is 1. The van der Waals surface area contributed by atoms with Crippen LogP contribution in [0.15, 0.2) is 71.8 Å². The average Bonchev–Trinajstić information content (AvgIpc) is 3.26. The van der Waals surface area contributed by atoms with Crippen molar-refractivity contribution >= 4 is 34.0 Å². The Kier molecular flexibility index (Phi) is 6.82. The maximum Gasteiger partial charge on any atom is 0.247 e. The zero-order chi connectivity index (χ0) is 25.2. The number of carbonyl (C=O) groups excluding carboxylic acids is 1. The van der Waals surface area contributed by atoms with Crippen LogP contribution < -0.4 is 11.1 Å². The first kappa shape index (κ1) is 24.1. The highest BCUT2D eigenvalue weighted by atomic mass is 32.2. The van der Waals surface area contributed by atoms with Crippen molar-refractivity contribution in [1.82, 2.24) is 19.5 Å². The minimum atomic E-state index is -1.03. The lowest BCUT2D eigenvalue weighted by Crippen LogP contribution is -2.46. The van der Waals surface area contributed by atoms with E-state index in [1.54, 1.807) is 10.8 Å². The molecule has 4 N–H and O–H groups in total. The van der Waals surface area contributed by atoms with Crippen molar-refractivity contribution in [2.45, 2.75) is 23.3 Å². The Morgan fingerprint density at radius 1 is 1.19 bits per heavy atom. The van der Waals surface area contributed by atoms with Crippen molar-refractivity contribution in [1.29, 1.82) is 0 Å². The fourth-order valence-electron chi connectivity index (χ4n) is 4.74. The molecule has 0 saturated carbocycles. The van der Waals surface area contributed by atoms with Gasteiger partial charge in [0.1, 0.15) is 0 Å². The largest absolute Gasteiger partial charge is 0.391 e. The number of anilines is 2. The summed E-state index contributed by atoms with van der Waals surface area (Å²) in [4.78, 5) is 18.6. The van der Waals surface area contributed by atoms with Gasteiger partial charge in [-0.15, -0.1) is 5.10 Å². The number of benzene rings is 2. The van der Waals surface area contributed by atoms with E-state index in [9.17, 15) is 14.1 Å². The zero-order valence-corrected chi connectivity index (χ0v) is 20.7.